The van der Waals surface area contributed by atoms with Gasteiger partial charge in [-0.1, -0.05) is 29.5 Å². The number of anilines is 1. The van der Waals surface area contributed by atoms with Gasteiger partial charge in [0.25, 0.3) is 11.5 Å². The van der Waals surface area contributed by atoms with Crippen molar-refractivity contribution in [3.8, 4) is 5.75 Å². The predicted molar refractivity (Wildman–Crippen MR) is 95.7 cm³/mol. The second kappa shape index (κ2) is 7.31. The van der Waals surface area contributed by atoms with Gasteiger partial charge in [0.05, 0.1) is 0 Å². The van der Waals surface area contributed by atoms with Crippen LogP contribution >= 0.6 is 11.3 Å². The number of rotatable bonds is 5. The highest BCUT2D eigenvalue weighted by molar-refractivity contribution is 7.15. The van der Waals surface area contributed by atoms with E-state index in [1.807, 2.05) is 37.3 Å². The molecule has 26 heavy (non-hydrogen) atoms. The fourth-order valence-electron chi connectivity index (χ4n) is 2.05. The summed E-state index contributed by atoms with van der Waals surface area (Å²) in [6.07, 6.45) is -0.357. The monoisotopic (exact) mass is 373 g/mol. The van der Waals surface area contributed by atoms with Crippen LogP contribution in [0.15, 0.2) is 46.0 Å². The van der Waals surface area contributed by atoms with Crippen molar-refractivity contribution >= 4 is 22.4 Å². The lowest BCUT2D eigenvalue weighted by molar-refractivity contribution is 0.102. The van der Waals surface area contributed by atoms with E-state index in [0.29, 0.717) is 10.8 Å². The number of para-hydroxylation sites is 1. The molecule has 0 bridgehead atoms. The van der Waals surface area contributed by atoms with E-state index in [1.54, 1.807) is 0 Å². The van der Waals surface area contributed by atoms with Gasteiger partial charge in [-0.3, -0.25) is 19.5 Å². The average molecular weight is 373 g/mol. The standard InChI is InChI=1S/C16H15N5O4S/c1-9(25-10-6-4-3-5-7-10)14-19-20-15(26-14)18-13(23)11-8-12(22)21(2)16(24)17-11/h3-9H,1-2H3,(H,17,24)(H,18,20,23)/t9-/m1/s1. The first-order valence-corrected chi connectivity index (χ1v) is 8.42. The summed E-state index contributed by atoms with van der Waals surface area (Å²) in [5, 5.41) is 11.2. The Morgan fingerprint density at radius 2 is 2.00 bits per heavy atom. The number of amides is 1. The molecule has 3 aromatic rings. The Balaban J connectivity index is 1.71. The quantitative estimate of drug-likeness (QED) is 0.696. The van der Waals surface area contributed by atoms with Crippen LogP contribution in [-0.2, 0) is 7.05 Å². The largest absolute Gasteiger partial charge is 0.483 e. The minimum absolute atomic E-state index is 0.150. The van der Waals surface area contributed by atoms with Crippen molar-refractivity contribution < 1.29 is 9.53 Å². The summed E-state index contributed by atoms with van der Waals surface area (Å²) in [6, 6.07) is 10.3. The number of nitrogens with one attached hydrogen (secondary N) is 2. The van der Waals surface area contributed by atoms with Crippen molar-refractivity contribution in [2.75, 3.05) is 5.32 Å². The van der Waals surface area contributed by atoms with Gasteiger partial charge in [0.1, 0.15) is 17.5 Å². The normalized spacial score (nSPS) is 11.8. The van der Waals surface area contributed by atoms with Crippen molar-refractivity contribution in [1.82, 2.24) is 19.7 Å². The molecule has 0 saturated heterocycles. The molecule has 134 valence electrons. The zero-order chi connectivity index (χ0) is 18.7. The van der Waals surface area contributed by atoms with Crippen molar-refractivity contribution in [2.24, 2.45) is 7.05 Å². The summed E-state index contributed by atoms with van der Waals surface area (Å²) in [6.45, 7) is 1.82. The summed E-state index contributed by atoms with van der Waals surface area (Å²) < 4.78 is 6.62. The van der Waals surface area contributed by atoms with Gasteiger partial charge in [-0.15, -0.1) is 10.2 Å². The summed E-state index contributed by atoms with van der Waals surface area (Å²) in [5.41, 5.74) is -1.41. The van der Waals surface area contributed by atoms with Crippen LogP contribution in [-0.4, -0.2) is 25.7 Å². The number of hydrogen-bond acceptors (Lipinski definition) is 7. The summed E-state index contributed by atoms with van der Waals surface area (Å²) in [5.74, 6) is 0.0395. The molecule has 0 saturated carbocycles. The maximum Gasteiger partial charge on any atom is 0.328 e. The van der Waals surface area contributed by atoms with Crippen molar-refractivity contribution in [2.45, 2.75) is 13.0 Å². The van der Waals surface area contributed by atoms with Gasteiger partial charge >= 0.3 is 5.69 Å². The zero-order valence-electron chi connectivity index (χ0n) is 13.9. The third-order valence-electron chi connectivity index (χ3n) is 3.45. The van der Waals surface area contributed by atoms with Crippen LogP contribution < -0.4 is 21.3 Å². The Labute approximate surface area is 151 Å². The molecule has 0 aliphatic carbocycles. The van der Waals surface area contributed by atoms with Crippen LogP contribution in [0.4, 0.5) is 5.13 Å². The molecule has 10 heteroatoms. The molecule has 2 N–H and O–H groups in total. The van der Waals surface area contributed by atoms with E-state index < -0.39 is 17.2 Å². The molecule has 3 rings (SSSR count). The van der Waals surface area contributed by atoms with Crippen molar-refractivity contribution in [3.63, 3.8) is 0 Å². The molecule has 1 aromatic carbocycles. The summed E-state index contributed by atoms with van der Waals surface area (Å²) in [4.78, 5) is 37.7. The first-order valence-electron chi connectivity index (χ1n) is 7.61. The lowest BCUT2D eigenvalue weighted by Crippen LogP contribution is -2.34. The van der Waals surface area contributed by atoms with Gasteiger partial charge in [-0.2, -0.15) is 0 Å². The van der Waals surface area contributed by atoms with E-state index in [1.165, 1.54) is 7.05 Å². The summed E-state index contributed by atoms with van der Waals surface area (Å²) >= 11 is 1.14. The Morgan fingerprint density at radius 1 is 1.27 bits per heavy atom. The third-order valence-corrected chi connectivity index (χ3v) is 4.45. The molecular weight excluding hydrogens is 358 g/mol. The van der Waals surface area contributed by atoms with Gasteiger partial charge in [0.2, 0.25) is 5.13 Å². The van der Waals surface area contributed by atoms with Crippen LogP contribution in [0.5, 0.6) is 5.75 Å². The molecule has 0 aliphatic heterocycles. The van der Waals surface area contributed by atoms with Crippen LogP contribution in [0.1, 0.15) is 28.5 Å². The van der Waals surface area contributed by atoms with Gasteiger partial charge < -0.3 is 9.72 Å². The number of aromatic amines is 1. The van der Waals surface area contributed by atoms with Crippen molar-refractivity contribution in [1.29, 1.82) is 0 Å². The fraction of sp³-hybridized carbons (Fsp3) is 0.188. The van der Waals surface area contributed by atoms with Crippen molar-refractivity contribution in [3.05, 3.63) is 67.9 Å². The predicted octanol–water partition coefficient (Wildman–Crippen LogP) is 1.32. The number of benzene rings is 1. The van der Waals surface area contributed by atoms with E-state index in [2.05, 4.69) is 20.5 Å². The minimum Gasteiger partial charge on any atom is -0.483 e. The smallest absolute Gasteiger partial charge is 0.328 e. The SMILES string of the molecule is C[C@@H](Oc1ccccc1)c1nnc(NC(=O)c2cc(=O)n(C)c(=O)[nH]2)s1. The molecule has 9 nitrogen and oxygen atoms in total. The topological polar surface area (TPSA) is 119 Å². The molecule has 0 aliphatic rings. The highest BCUT2D eigenvalue weighted by Crippen LogP contribution is 2.26. The molecule has 0 unspecified atom stereocenters. The van der Waals surface area contributed by atoms with Crippen LogP contribution in [0.3, 0.4) is 0 Å². The Morgan fingerprint density at radius 3 is 2.69 bits per heavy atom. The number of H-pyrrole nitrogens is 1. The lowest BCUT2D eigenvalue weighted by Gasteiger charge is -2.10. The highest BCUT2D eigenvalue weighted by Gasteiger charge is 2.16. The molecule has 0 spiro atoms. The molecule has 0 radical (unpaired) electrons. The number of carbonyl (C=O) groups is 1. The van der Waals surface area contributed by atoms with Crippen LogP contribution in [0.2, 0.25) is 0 Å². The van der Waals surface area contributed by atoms with Gasteiger partial charge in [0, 0.05) is 13.1 Å². The molecule has 1 amide bonds. The first-order chi connectivity index (χ1) is 12.4. The second-order valence-corrected chi connectivity index (χ2v) is 6.37. The molecule has 2 aromatic heterocycles. The fourth-order valence-corrected chi connectivity index (χ4v) is 2.76. The molecular formula is C16H15N5O4S. The minimum atomic E-state index is -0.675. The van der Waals surface area contributed by atoms with Gasteiger partial charge in [-0.05, 0) is 19.1 Å². The van der Waals surface area contributed by atoms with Gasteiger partial charge in [0.15, 0.2) is 5.01 Å². The first kappa shape index (κ1) is 17.5. The average Bonchev–Trinajstić information content (AvgIpc) is 3.08. The second-order valence-electron chi connectivity index (χ2n) is 5.36. The van der Waals surface area contributed by atoms with E-state index in [4.69, 9.17) is 4.74 Å². The summed E-state index contributed by atoms with van der Waals surface area (Å²) in [7, 11) is 1.31. The molecule has 1 atom stereocenters. The number of hydrogen-bond donors (Lipinski definition) is 2. The maximum atomic E-state index is 12.2. The number of aromatic nitrogens is 4. The van der Waals surface area contributed by atoms with Gasteiger partial charge in [-0.25, -0.2) is 4.79 Å². The molecule has 0 fully saturated rings. The Kier molecular flexibility index (Phi) is 4.94. The number of carbonyl (C=O) groups excluding carboxylic acids is 1. The van der Waals surface area contributed by atoms with Crippen LogP contribution in [0.25, 0.3) is 0 Å². The zero-order valence-corrected chi connectivity index (χ0v) is 14.7. The van der Waals surface area contributed by atoms with E-state index in [9.17, 15) is 14.4 Å². The van der Waals surface area contributed by atoms with E-state index >= 15 is 0 Å². The highest BCUT2D eigenvalue weighted by atomic mass is 32.1. The third kappa shape index (κ3) is 3.86. The maximum absolute atomic E-state index is 12.2. The Bertz CT molecular complexity index is 1010. The van der Waals surface area contributed by atoms with E-state index in [-0.39, 0.29) is 16.9 Å². The molecule has 2 heterocycles. The Hall–Kier alpha value is -3.27. The lowest BCUT2D eigenvalue weighted by atomic mass is 10.3. The number of ether oxygens (including phenoxy) is 1. The van der Waals surface area contributed by atoms with E-state index in [0.717, 1.165) is 22.0 Å². The van der Waals surface area contributed by atoms with Crippen LogP contribution in [0, 0.1) is 0 Å². The number of nitrogens with zero attached hydrogens (tertiary/aromatic N) is 3.